The van der Waals surface area contributed by atoms with Crippen molar-refractivity contribution in [2.75, 3.05) is 11.9 Å². The zero-order valence-electron chi connectivity index (χ0n) is 14.2. The summed E-state index contributed by atoms with van der Waals surface area (Å²) in [6.45, 7) is 0.420. The molecule has 1 amide bonds. The van der Waals surface area contributed by atoms with E-state index >= 15 is 0 Å². The minimum absolute atomic E-state index is 0.00492. The number of amides is 1. The average molecular weight is 388 g/mol. The number of aromatic nitrogens is 1. The molecule has 0 spiro atoms. The van der Waals surface area contributed by atoms with Crippen LogP contribution in [0.4, 0.5) is 20.3 Å². The molecule has 0 atom stereocenters. The minimum Gasteiger partial charge on any atom is -0.352 e. The molecule has 1 heterocycles. The Morgan fingerprint density at radius 1 is 1.04 bits per heavy atom. The standard InChI is InChI=1S/C20H16ClF2N3O/c21-17-12-16(5-6-18(17)23)26-19-11-14(8-10-24-19)20(27)25-9-7-13-1-3-15(22)4-2-13/h1-6,8,10-12H,7,9H2,(H,24,26)(H,25,27). The van der Waals surface area contributed by atoms with Crippen LogP contribution in [0.25, 0.3) is 0 Å². The molecule has 2 aromatic carbocycles. The molecule has 0 aliphatic heterocycles. The summed E-state index contributed by atoms with van der Waals surface area (Å²) in [6.07, 6.45) is 2.10. The number of carbonyl (C=O) groups is 1. The average Bonchev–Trinajstić information content (AvgIpc) is 2.66. The number of rotatable bonds is 6. The fraction of sp³-hybridized carbons (Fsp3) is 0.100. The zero-order chi connectivity index (χ0) is 19.2. The first-order valence-corrected chi connectivity index (χ1v) is 8.60. The van der Waals surface area contributed by atoms with Crippen LogP contribution in [-0.2, 0) is 6.42 Å². The lowest BCUT2D eigenvalue weighted by Crippen LogP contribution is -2.25. The highest BCUT2D eigenvalue weighted by Crippen LogP contribution is 2.22. The molecule has 0 radical (unpaired) electrons. The van der Waals surface area contributed by atoms with Gasteiger partial charge < -0.3 is 10.6 Å². The van der Waals surface area contributed by atoms with Crippen LogP contribution in [0.3, 0.4) is 0 Å². The topological polar surface area (TPSA) is 54.0 Å². The maximum Gasteiger partial charge on any atom is 0.251 e. The van der Waals surface area contributed by atoms with Crippen molar-refractivity contribution in [2.24, 2.45) is 0 Å². The third-order valence-electron chi connectivity index (χ3n) is 3.83. The van der Waals surface area contributed by atoms with Crippen LogP contribution in [0.1, 0.15) is 15.9 Å². The highest BCUT2D eigenvalue weighted by molar-refractivity contribution is 6.31. The van der Waals surface area contributed by atoms with Gasteiger partial charge in [-0.15, -0.1) is 0 Å². The first-order valence-electron chi connectivity index (χ1n) is 8.22. The quantitative estimate of drug-likeness (QED) is 0.643. The third-order valence-corrected chi connectivity index (χ3v) is 4.12. The van der Waals surface area contributed by atoms with Crippen molar-refractivity contribution in [3.63, 3.8) is 0 Å². The number of halogens is 3. The maximum atomic E-state index is 13.2. The Morgan fingerprint density at radius 3 is 2.56 bits per heavy atom. The summed E-state index contributed by atoms with van der Waals surface area (Å²) in [5, 5.41) is 5.78. The van der Waals surface area contributed by atoms with Crippen LogP contribution < -0.4 is 10.6 Å². The maximum absolute atomic E-state index is 13.2. The van der Waals surface area contributed by atoms with Crippen molar-refractivity contribution in [3.05, 3.63) is 88.6 Å². The van der Waals surface area contributed by atoms with Crippen molar-refractivity contribution in [2.45, 2.75) is 6.42 Å². The number of pyridine rings is 1. The van der Waals surface area contributed by atoms with E-state index in [4.69, 9.17) is 11.6 Å². The molecular formula is C20H16ClF2N3O. The molecule has 4 nitrogen and oxygen atoms in total. The van der Waals surface area contributed by atoms with Gasteiger partial charge in [-0.1, -0.05) is 23.7 Å². The Bertz CT molecular complexity index is 948. The van der Waals surface area contributed by atoms with Gasteiger partial charge in [-0.25, -0.2) is 13.8 Å². The van der Waals surface area contributed by atoms with Crippen LogP contribution in [-0.4, -0.2) is 17.4 Å². The first kappa shape index (κ1) is 18.8. The lowest BCUT2D eigenvalue weighted by molar-refractivity contribution is 0.0954. The fourth-order valence-corrected chi connectivity index (χ4v) is 2.62. The minimum atomic E-state index is -0.510. The van der Waals surface area contributed by atoms with Crippen LogP contribution in [0.5, 0.6) is 0 Å². The van der Waals surface area contributed by atoms with E-state index in [9.17, 15) is 13.6 Å². The summed E-state index contributed by atoms with van der Waals surface area (Å²) in [6, 6.07) is 13.5. The Morgan fingerprint density at radius 2 is 1.81 bits per heavy atom. The molecule has 3 aromatic rings. The van der Waals surface area contributed by atoms with E-state index in [0.29, 0.717) is 30.0 Å². The SMILES string of the molecule is O=C(NCCc1ccc(F)cc1)c1ccnc(Nc2ccc(F)c(Cl)c2)c1. The van der Waals surface area contributed by atoms with E-state index < -0.39 is 5.82 Å². The van der Waals surface area contributed by atoms with Gasteiger partial charge in [0.2, 0.25) is 0 Å². The van der Waals surface area contributed by atoms with E-state index in [1.165, 1.54) is 36.5 Å². The molecule has 0 aliphatic rings. The normalized spacial score (nSPS) is 10.5. The monoisotopic (exact) mass is 387 g/mol. The van der Waals surface area contributed by atoms with Crippen LogP contribution >= 0.6 is 11.6 Å². The molecule has 138 valence electrons. The van der Waals surface area contributed by atoms with Crippen molar-refractivity contribution < 1.29 is 13.6 Å². The first-order chi connectivity index (χ1) is 13.0. The highest BCUT2D eigenvalue weighted by Gasteiger charge is 2.08. The summed E-state index contributed by atoms with van der Waals surface area (Å²) in [7, 11) is 0. The largest absolute Gasteiger partial charge is 0.352 e. The zero-order valence-corrected chi connectivity index (χ0v) is 14.9. The second kappa shape index (κ2) is 8.60. The van der Waals surface area contributed by atoms with Gasteiger partial charge in [-0.3, -0.25) is 4.79 Å². The fourth-order valence-electron chi connectivity index (χ4n) is 2.44. The van der Waals surface area contributed by atoms with E-state index in [-0.39, 0.29) is 16.7 Å². The van der Waals surface area contributed by atoms with Crippen LogP contribution in [0.2, 0.25) is 5.02 Å². The molecule has 0 fully saturated rings. The number of hydrogen-bond acceptors (Lipinski definition) is 3. The number of carbonyl (C=O) groups excluding carboxylic acids is 1. The van der Waals surface area contributed by atoms with Gasteiger partial charge in [0.25, 0.3) is 5.91 Å². The molecule has 0 bridgehead atoms. The Hall–Kier alpha value is -2.99. The Labute approximate surface area is 160 Å². The predicted molar refractivity (Wildman–Crippen MR) is 101 cm³/mol. The summed E-state index contributed by atoms with van der Waals surface area (Å²) >= 11 is 5.76. The molecule has 0 unspecified atom stereocenters. The number of nitrogens with one attached hydrogen (secondary N) is 2. The number of hydrogen-bond donors (Lipinski definition) is 2. The van der Waals surface area contributed by atoms with E-state index in [1.807, 2.05) is 0 Å². The lowest BCUT2D eigenvalue weighted by Gasteiger charge is -2.09. The predicted octanol–water partition coefficient (Wildman–Crippen LogP) is 4.73. The molecule has 7 heteroatoms. The molecule has 0 saturated heterocycles. The van der Waals surface area contributed by atoms with Gasteiger partial charge in [0.15, 0.2) is 0 Å². The van der Waals surface area contributed by atoms with E-state index in [0.717, 1.165) is 5.56 Å². The van der Waals surface area contributed by atoms with Crippen molar-refractivity contribution in [3.8, 4) is 0 Å². The molecule has 0 aliphatic carbocycles. The van der Waals surface area contributed by atoms with Gasteiger partial charge in [-0.2, -0.15) is 0 Å². The Balaban J connectivity index is 1.59. The molecule has 0 saturated carbocycles. The second-order valence-corrected chi connectivity index (χ2v) is 6.22. The third kappa shape index (κ3) is 5.24. The number of benzene rings is 2. The summed E-state index contributed by atoms with van der Waals surface area (Å²) in [5.41, 5.74) is 1.92. The van der Waals surface area contributed by atoms with Crippen molar-refractivity contribution >= 4 is 29.0 Å². The Kier molecular flexibility index (Phi) is 5.98. The second-order valence-electron chi connectivity index (χ2n) is 5.82. The number of nitrogens with zero attached hydrogens (tertiary/aromatic N) is 1. The molecular weight excluding hydrogens is 372 g/mol. The summed E-state index contributed by atoms with van der Waals surface area (Å²) in [4.78, 5) is 16.4. The smallest absolute Gasteiger partial charge is 0.251 e. The van der Waals surface area contributed by atoms with E-state index in [2.05, 4.69) is 15.6 Å². The van der Waals surface area contributed by atoms with Gasteiger partial charge >= 0.3 is 0 Å². The van der Waals surface area contributed by atoms with Gasteiger partial charge in [-0.05, 0) is 54.4 Å². The highest BCUT2D eigenvalue weighted by atomic mass is 35.5. The molecule has 1 aromatic heterocycles. The summed E-state index contributed by atoms with van der Waals surface area (Å²) < 4.78 is 26.1. The van der Waals surface area contributed by atoms with E-state index in [1.54, 1.807) is 24.3 Å². The van der Waals surface area contributed by atoms with Crippen molar-refractivity contribution in [1.82, 2.24) is 10.3 Å². The van der Waals surface area contributed by atoms with Crippen LogP contribution in [0, 0.1) is 11.6 Å². The van der Waals surface area contributed by atoms with Gasteiger partial charge in [0.05, 0.1) is 5.02 Å². The van der Waals surface area contributed by atoms with Gasteiger partial charge in [0.1, 0.15) is 17.5 Å². The molecule has 3 rings (SSSR count). The lowest BCUT2D eigenvalue weighted by atomic mass is 10.1. The van der Waals surface area contributed by atoms with Crippen LogP contribution in [0.15, 0.2) is 60.8 Å². The molecule has 2 N–H and O–H groups in total. The summed E-state index contributed by atoms with van der Waals surface area (Å²) in [5.74, 6) is -0.616. The number of anilines is 2. The molecule has 27 heavy (non-hydrogen) atoms. The van der Waals surface area contributed by atoms with Gasteiger partial charge in [0, 0.05) is 24.0 Å². The van der Waals surface area contributed by atoms with Crippen molar-refractivity contribution in [1.29, 1.82) is 0 Å².